The molecule has 0 heterocycles. The summed E-state index contributed by atoms with van der Waals surface area (Å²) < 4.78 is 154. The third kappa shape index (κ3) is 2.80. The summed E-state index contributed by atoms with van der Waals surface area (Å²) in [6.45, 7) is 0. The first-order valence-corrected chi connectivity index (χ1v) is 3.71. The summed E-state index contributed by atoms with van der Waals surface area (Å²) in [6.07, 6.45) is -12.1. The molecule has 0 amide bonds. The quantitative estimate of drug-likeness (QED) is 0.499. The van der Waals surface area contributed by atoms with Gasteiger partial charge in [0.05, 0.1) is 6.43 Å². The summed E-state index contributed by atoms with van der Waals surface area (Å²) in [7, 11) is 0. The molecule has 0 aromatic heterocycles. The van der Waals surface area contributed by atoms with Crippen LogP contribution in [0.3, 0.4) is 0 Å². The molecule has 0 nitrogen and oxygen atoms in total. The zero-order chi connectivity index (χ0) is 16.1. The maximum atomic E-state index is 12.3. The Bertz CT molecular complexity index is 328. The van der Waals surface area contributed by atoms with E-state index in [1.54, 1.807) is 0 Å². The van der Waals surface area contributed by atoms with Crippen LogP contribution < -0.4 is 0 Å². The van der Waals surface area contributed by atoms with Gasteiger partial charge >= 0.3 is 23.9 Å². The average molecular weight is 378 g/mol. The van der Waals surface area contributed by atoms with E-state index in [1.165, 1.54) is 0 Å². The van der Waals surface area contributed by atoms with Gasteiger partial charge in [0.2, 0.25) is 0 Å². The minimum Gasteiger partial charge on any atom is -0.415 e. The van der Waals surface area contributed by atoms with Gasteiger partial charge in [0.25, 0.3) is 5.92 Å². The molecule has 0 fully saturated rings. The van der Waals surface area contributed by atoms with Crippen molar-refractivity contribution < 1.29 is 73.9 Å². The van der Waals surface area contributed by atoms with Crippen LogP contribution in [-0.2, 0) is 16.8 Å². The Morgan fingerprint density at radius 2 is 0.800 bits per heavy atom. The van der Waals surface area contributed by atoms with Crippen molar-refractivity contribution in [3.05, 3.63) is 6.43 Å². The van der Waals surface area contributed by atoms with E-state index >= 15 is 0 Å². The standard InChI is InChI=1S/C6F13.Co/c7-1(8)2(9,10)3(11,12)4(13,14)5(15,16)6(17,18)19;/q-1;. The van der Waals surface area contributed by atoms with Crippen LogP contribution in [0.15, 0.2) is 0 Å². The van der Waals surface area contributed by atoms with Gasteiger partial charge in [-0.05, 0) is 0 Å². The van der Waals surface area contributed by atoms with Crippen LogP contribution in [0.2, 0.25) is 0 Å². The molecular weight excluding hydrogens is 378 g/mol. The summed E-state index contributed by atoms with van der Waals surface area (Å²) >= 11 is 0. The van der Waals surface area contributed by atoms with Crippen molar-refractivity contribution in [3.8, 4) is 0 Å². The van der Waals surface area contributed by atoms with E-state index < -0.39 is 36.3 Å². The van der Waals surface area contributed by atoms with Gasteiger partial charge in [0.15, 0.2) is 0 Å². The predicted molar refractivity (Wildman–Crippen MR) is 31.3 cm³/mol. The van der Waals surface area contributed by atoms with Crippen LogP contribution in [0.1, 0.15) is 0 Å². The van der Waals surface area contributed by atoms with Crippen LogP contribution >= 0.6 is 0 Å². The van der Waals surface area contributed by atoms with E-state index in [0.29, 0.717) is 0 Å². The van der Waals surface area contributed by atoms with Crippen LogP contribution in [0.5, 0.6) is 0 Å². The van der Waals surface area contributed by atoms with Crippen LogP contribution in [0.25, 0.3) is 0 Å². The third-order valence-electron chi connectivity index (χ3n) is 1.78. The molecule has 0 saturated heterocycles. The van der Waals surface area contributed by atoms with Gasteiger partial charge in [0.1, 0.15) is 0 Å². The van der Waals surface area contributed by atoms with E-state index in [-0.39, 0.29) is 16.8 Å². The maximum absolute atomic E-state index is 12.3. The van der Waals surface area contributed by atoms with Crippen molar-refractivity contribution in [3.63, 3.8) is 0 Å². The molecule has 0 aliphatic rings. The zero-order valence-corrected chi connectivity index (χ0v) is 9.29. The first-order valence-electron chi connectivity index (χ1n) is 3.71. The Hall–Kier alpha value is -0.404. The van der Waals surface area contributed by atoms with Gasteiger partial charge in [-0.15, -0.1) is 0 Å². The fourth-order valence-corrected chi connectivity index (χ4v) is 0.691. The summed E-state index contributed by atoms with van der Waals surface area (Å²) in [5.41, 5.74) is 0. The summed E-state index contributed by atoms with van der Waals surface area (Å²) in [6, 6.07) is 0. The van der Waals surface area contributed by atoms with Crippen molar-refractivity contribution in [2.45, 2.75) is 29.9 Å². The average Bonchev–Trinajstić information content (AvgIpc) is 2.14. The third-order valence-corrected chi connectivity index (χ3v) is 1.78. The fourth-order valence-electron chi connectivity index (χ4n) is 0.691. The van der Waals surface area contributed by atoms with E-state index in [1.807, 2.05) is 0 Å². The smallest absolute Gasteiger partial charge is 0.415 e. The van der Waals surface area contributed by atoms with E-state index in [2.05, 4.69) is 0 Å². The largest absolute Gasteiger partial charge is 0.460 e. The Balaban J connectivity index is 0. The van der Waals surface area contributed by atoms with Crippen molar-refractivity contribution in [1.29, 1.82) is 0 Å². The van der Waals surface area contributed by atoms with Gasteiger partial charge in [-0.25, -0.2) is 8.78 Å². The topological polar surface area (TPSA) is 0 Å². The molecule has 0 atom stereocenters. The van der Waals surface area contributed by atoms with E-state index in [4.69, 9.17) is 0 Å². The summed E-state index contributed by atoms with van der Waals surface area (Å²) in [4.78, 5) is 0. The molecule has 0 aliphatic carbocycles. The molecule has 1 radical (unpaired) electrons. The molecule has 0 aliphatic heterocycles. The van der Waals surface area contributed by atoms with Gasteiger partial charge in [-0.3, -0.25) is 0 Å². The molecule has 0 spiro atoms. The Morgan fingerprint density at radius 3 is 1.00 bits per heavy atom. The number of halogens is 13. The molecule has 0 unspecified atom stereocenters. The summed E-state index contributed by atoms with van der Waals surface area (Å²) in [5.74, 6) is -30.3. The predicted octanol–water partition coefficient (Wildman–Crippen LogP) is 4.52. The van der Waals surface area contributed by atoms with Crippen molar-refractivity contribution >= 4 is 0 Å². The monoisotopic (exact) mass is 378 g/mol. The molecule has 0 bridgehead atoms. The van der Waals surface area contributed by atoms with Crippen molar-refractivity contribution in [2.75, 3.05) is 0 Å². The van der Waals surface area contributed by atoms with Crippen molar-refractivity contribution in [2.24, 2.45) is 0 Å². The second-order valence-corrected chi connectivity index (χ2v) is 3.06. The van der Waals surface area contributed by atoms with Crippen LogP contribution in [0.4, 0.5) is 57.1 Å². The molecule has 0 aromatic carbocycles. The van der Waals surface area contributed by atoms with Crippen LogP contribution in [-0.4, -0.2) is 29.9 Å². The molecule has 20 heavy (non-hydrogen) atoms. The number of rotatable bonds is 4. The van der Waals surface area contributed by atoms with Gasteiger partial charge in [-0.2, -0.15) is 39.5 Å². The second kappa shape index (κ2) is 5.42. The number of hydrogen-bond donors (Lipinski definition) is 0. The first-order chi connectivity index (χ1) is 7.94. The van der Waals surface area contributed by atoms with E-state index in [9.17, 15) is 57.1 Å². The molecule has 0 N–H and O–H groups in total. The molecule has 0 rings (SSSR count). The van der Waals surface area contributed by atoms with Crippen molar-refractivity contribution in [1.82, 2.24) is 0 Å². The Kier molecular flexibility index (Phi) is 5.93. The van der Waals surface area contributed by atoms with Crippen LogP contribution in [0, 0.1) is 6.43 Å². The maximum Gasteiger partial charge on any atom is 0.460 e. The Labute approximate surface area is 111 Å². The molecule has 125 valence electrons. The van der Waals surface area contributed by atoms with Gasteiger partial charge in [-0.1, -0.05) is 0 Å². The SMILES string of the molecule is F[C-](F)C(F)(F)C(F)(F)C(F)(F)C(F)(F)C(F)(F)F.[Co]. The molecule has 14 heteroatoms. The minimum absolute atomic E-state index is 0. The fraction of sp³-hybridized carbons (Fsp3) is 0.833. The summed E-state index contributed by atoms with van der Waals surface area (Å²) in [5, 5.41) is 0. The zero-order valence-electron chi connectivity index (χ0n) is 8.25. The molecule has 0 aromatic rings. The number of hydrogen-bond acceptors (Lipinski definition) is 0. The first kappa shape index (κ1) is 21.9. The van der Waals surface area contributed by atoms with Gasteiger partial charge < -0.3 is 8.78 Å². The normalized spacial score (nSPS) is 15.3. The Morgan fingerprint density at radius 1 is 0.500 bits per heavy atom. The van der Waals surface area contributed by atoms with E-state index in [0.717, 1.165) is 0 Å². The number of alkyl halides is 11. The second-order valence-electron chi connectivity index (χ2n) is 3.06. The molecule has 0 saturated carbocycles. The molecular formula is C6CoF13-. The van der Waals surface area contributed by atoms with Gasteiger partial charge in [0, 0.05) is 16.8 Å². The minimum atomic E-state index is -7.80.